The highest BCUT2D eigenvalue weighted by molar-refractivity contribution is 6.56. The lowest BCUT2D eigenvalue weighted by molar-refractivity contribution is -0.145. The highest BCUT2D eigenvalue weighted by Gasteiger charge is 2.36. The number of likely N-dealkylation sites (tertiary alicyclic amines) is 1. The molecule has 0 spiro atoms. The SMILES string of the molecule is CN[C@](CCCC[B-](O)(O)O)(CCN1CCCCC1)C(=O)O. The average Bonchev–Trinajstić information content (AvgIpc) is 2.46. The molecule has 0 unspecified atom stereocenters. The van der Waals surface area contributed by atoms with Crippen LogP contribution in [0.3, 0.4) is 0 Å². The molecule has 1 rings (SSSR count). The first-order valence-electron chi connectivity index (χ1n) is 8.27. The van der Waals surface area contributed by atoms with Gasteiger partial charge in [-0.1, -0.05) is 25.6 Å². The number of aliphatic carboxylic acids is 1. The normalized spacial score (nSPS) is 19.8. The van der Waals surface area contributed by atoms with Crippen LogP contribution in [0.4, 0.5) is 0 Å². The standard InChI is InChI=1S/C14H30BN2O5/c1-16-14(13(18)19,7-3-4-9-15(20,21)22)8-12-17-10-5-2-6-11-17/h16,20-22H,2-12H2,1H3,(H,18,19)/q-1/t14-/m1/s1. The molecule has 0 saturated carbocycles. The number of nitrogens with one attached hydrogen (secondary N) is 1. The summed E-state index contributed by atoms with van der Waals surface area (Å²) in [6.45, 7) is -0.458. The molecule has 0 bridgehead atoms. The maximum absolute atomic E-state index is 11.7. The fourth-order valence-corrected chi connectivity index (χ4v) is 3.07. The van der Waals surface area contributed by atoms with Gasteiger partial charge in [0.05, 0.1) is 0 Å². The first kappa shape index (κ1) is 19.4. The van der Waals surface area contributed by atoms with Gasteiger partial charge in [-0.25, -0.2) is 0 Å². The molecule has 0 aliphatic carbocycles. The van der Waals surface area contributed by atoms with E-state index in [4.69, 9.17) is 15.1 Å². The van der Waals surface area contributed by atoms with Crippen LogP contribution in [0.5, 0.6) is 0 Å². The second-order valence-corrected chi connectivity index (χ2v) is 6.43. The predicted octanol–water partition coefficient (Wildman–Crippen LogP) is -0.00870. The van der Waals surface area contributed by atoms with Crippen LogP contribution in [0.1, 0.15) is 44.9 Å². The van der Waals surface area contributed by atoms with Gasteiger partial charge in [0, 0.05) is 6.54 Å². The summed E-state index contributed by atoms with van der Waals surface area (Å²) in [5, 5.41) is 39.3. The molecule has 22 heavy (non-hydrogen) atoms. The number of rotatable bonds is 10. The number of carbonyl (C=O) groups is 1. The van der Waals surface area contributed by atoms with Crippen molar-refractivity contribution in [3.63, 3.8) is 0 Å². The minimum absolute atomic E-state index is 0.120. The predicted molar refractivity (Wildman–Crippen MR) is 85.4 cm³/mol. The van der Waals surface area contributed by atoms with E-state index >= 15 is 0 Å². The van der Waals surface area contributed by atoms with E-state index in [1.807, 2.05) is 0 Å². The van der Waals surface area contributed by atoms with Gasteiger partial charge in [-0.2, -0.15) is 0 Å². The second kappa shape index (κ2) is 8.83. The molecule has 1 saturated heterocycles. The summed E-state index contributed by atoms with van der Waals surface area (Å²) in [6, 6.07) is 0. The van der Waals surface area contributed by atoms with Crippen LogP contribution in [0.25, 0.3) is 0 Å². The largest absolute Gasteiger partial charge is 0.560 e. The van der Waals surface area contributed by atoms with Crippen molar-refractivity contribution in [2.24, 2.45) is 0 Å². The Morgan fingerprint density at radius 2 is 1.77 bits per heavy atom. The zero-order chi connectivity index (χ0) is 16.6. The first-order chi connectivity index (χ1) is 10.3. The molecule has 0 aromatic carbocycles. The van der Waals surface area contributed by atoms with Crippen molar-refractivity contribution < 1.29 is 25.0 Å². The molecule has 1 aliphatic heterocycles. The number of piperidine rings is 1. The number of hydrogen-bond donors (Lipinski definition) is 5. The zero-order valence-electron chi connectivity index (χ0n) is 13.5. The molecule has 5 N–H and O–H groups in total. The lowest BCUT2D eigenvalue weighted by Crippen LogP contribution is -2.52. The summed E-state index contributed by atoms with van der Waals surface area (Å²) >= 11 is 0. The summed E-state index contributed by atoms with van der Waals surface area (Å²) in [5.74, 6) is -0.874. The van der Waals surface area contributed by atoms with E-state index in [0.717, 1.165) is 19.6 Å². The molecule has 0 amide bonds. The summed E-state index contributed by atoms with van der Waals surface area (Å²) < 4.78 is 0. The lowest BCUT2D eigenvalue weighted by Gasteiger charge is -2.34. The van der Waals surface area contributed by atoms with Crippen molar-refractivity contribution in [3.05, 3.63) is 0 Å². The Bertz CT molecular complexity index is 345. The molecule has 130 valence electrons. The second-order valence-electron chi connectivity index (χ2n) is 6.43. The minimum Gasteiger partial charge on any atom is -0.560 e. The van der Waals surface area contributed by atoms with Crippen molar-refractivity contribution in [1.82, 2.24) is 10.2 Å². The maximum atomic E-state index is 11.7. The molecule has 8 heteroatoms. The number of unbranched alkanes of at least 4 members (excludes halogenated alkanes) is 1. The van der Waals surface area contributed by atoms with E-state index < -0.39 is 18.3 Å². The summed E-state index contributed by atoms with van der Waals surface area (Å²) in [7, 11) is 1.66. The Balaban J connectivity index is 2.47. The van der Waals surface area contributed by atoms with Crippen LogP contribution in [-0.4, -0.2) is 70.0 Å². The van der Waals surface area contributed by atoms with Gasteiger partial charge in [-0.3, -0.25) is 4.79 Å². The van der Waals surface area contributed by atoms with E-state index in [-0.39, 0.29) is 6.32 Å². The van der Waals surface area contributed by atoms with Crippen molar-refractivity contribution in [2.75, 3.05) is 26.7 Å². The molecule has 1 atom stereocenters. The third-order valence-corrected chi connectivity index (χ3v) is 4.64. The average molecular weight is 317 g/mol. The van der Waals surface area contributed by atoms with Gasteiger partial charge in [0.25, 0.3) is 0 Å². The number of nitrogens with zero attached hydrogens (tertiary/aromatic N) is 1. The highest BCUT2D eigenvalue weighted by atomic mass is 16.5. The van der Waals surface area contributed by atoms with Crippen LogP contribution >= 0.6 is 0 Å². The first-order valence-corrected chi connectivity index (χ1v) is 8.27. The van der Waals surface area contributed by atoms with Crippen molar-refractivity contribution >= 4 is 12.7 Å². The third-order valence-electron chi connectivity index (χ3n) is 4.64. The zero-order valence-corrected chi connectivity index (χ0v) is 13.5. The summed E-state index contributed by atoms with van der Waals surface area (Å²) in [5.41, 5.74) is -0.993. The number of carboxylic acid groups (broad SMARTS) is 1. The van der Waals surface area contributed by atoms with Gasteiger partial charge in [-0.05, 0) is 45.8 Å². The smallest absolute Gasteiger partial charge is 0.371 e. The lowest BCUT2D eigenvalue weighted by atomic mass is 9.73. The number of likely N-dealkylation sites (N-methyl/N-ethyl adjacent to an activating group) is 1. The quantitative estimate of drug-likeness (QED) is 0.284. The van der Waals surface area contributed by atoms with Crippen LogP contribution in [0, 0.1) is 0 Å². The third kappa shape index (κ3) is 6.62. The van der Waals surface area contributed by atoms with Crippen LogP contribution in [0.2, 0.25) is 6.32 Å². The maximum Gasteiger partial charge on any atom is 0.371 e. The van der Waals surface area contributed by atoms with Gasteiger partial charge in [0.2, 0.25) is 0 Å². The fraction of sp³-hybridized carbons (Fsp3) is 0.929. The summed E-state index contributed by atoms with van der Waals surface area (Å²) in [6.07, 6.45) is 5.29. The highest BCUT2D eigenvalue weighted by Crippen LogP contribution is 2.22. The van der Waals surface area contributed by atoms with E-state index in [1.165, 1.54) is 19.3 Å². The Morgan fingerprint density at radius 3 is 2.27 bits per heavy atom. The van der Waals surface area contributed by atoms with E-state index in [0.29, 0.717) is 25.7 Å². The van der Waals surface area contributed by atoms with Crippen molar-refractivity contribution in [1.29, 1.82) is 0 Å². The van der Waals surface area contributed by atoms with Gasteiger partial charge < -0.3 is 30.4 Å². The minimum atomic E-state index is -3.27. The van der Waals surface area contributed by atoms with Crippen molar-refractivity contribution in [3.8, 4) is 0 Å². The molecule has 1 heterocycles. The van der Waals surface area contributed by atoms with E-state index in [2.05, 4.69) is 10.2 Å². The van der Waals surface area contributed by atoms with Gasteiger partial charge in [-0.15, -0.1) is 0 Å². The Labute approximate surface area is 132 Å². The molecular formula is C14H30BN2O5-. The van der Waals surface area contributed by atoms with Crippen molar-refractivity contribution in [2.45, 2.75) is 56.8 Å². The van der Waals surface area contributed by atoms with E-state index in [9.17, 15) is 9.90 Å². The molecule has 0 aromatic rings. The Kier molecular flexibility index (Phi) is 7.78. The van der Waals surface area contributed by atoms with Gasteiger partial charge in [0.15, 0.2) is 0 Å². The fourth-order valence-electron chi connectivity index (χ4n) is 3.07. The van der Waals surface area contributed by atoms with Crippen LogP contribution in [0.15, 0.2) is 0 Å². The van der Waals surface area contributed by atoms with Gasteiger partial charge >= 0.3 is 12.7 Å². The monoisotopic (exact) mass is 317 g/mol. The molecule has 1 aliphatic rings. The van der Waals surface area contributed by atoms with E-state index in [1.54, 1.807) is 7.05 Å². The topological polar surface area (TPSA) is 113 Å². The molecule has 0 aromatic heterocycles. The van der Waals surface area contributed by atoms with Crippen LogP contribution < -0.4 is 5.32 Å². The van der Waals surface area contributed by atoms with Gasteiger partial charge in [0.1, 0.15) is 5.54 Å². The molecule has 7 nitrogen and oxygen atoms in total. The molecule has 0 radical (unpaired) electrons. The number of carboxylic acids is 1. The summed E-state index contributed by atoms with van der Waals surface area (Å²) in [4.78, 5) is 14.0. The number of hydrogen-bond acceptors (Lipinski definition) is 6. The molecular weight excluding hydrogens is 287 g/mol. The Hall–Kier alpha value is -0.665. The Morgan fingerprint density at radius 1 is 1.14 bits per heavy atom. The van der Waals surface area contributed by atoms with Crippen LogP contribution in [-0.2, 0) is 4.79 Å². The molecule has 1 fully saturated rings.